The normalized spacial score (nSPS) is 12.1. The van der Waals surface area contributed by atoms with Crippen LogP contribution < -0.4 is 5.43 Å². The van der Waals surface area contributed by atoms with Crippen molar-refractivity contribution in [1.29, 1.82) is 0 Å². The summed E-state index contributed by atoms with van der Waals surface area (Å²) in [7, 11) is -4.28. The van der Waals surface area contributed by atoms with Gasteiger partial charge in [0.1, 0.15) is 16.8 Å². The first-order chi connectivity index (χ1) is 15.3. The molecule has 0 N–H and O–H groups in total. The Kier molecular flexibility index (Phi) is 6.15. The van der Waals surface area contributed by atoms with E-state index in [1.54, 1.807) is 36.4 Å². The molecule has 0 aliphatic rings. The van der Waals surface area contributed by atoms with Crippen LogP contribution in [0.4, 0.5) is 0 Å². The number of sulfone groups is 1. The average molecular weight is 530 g/mol. The van der Waals surface area contributed by atoms with Gasteiger partial charge in [-0.3, -0.25) is 9.59 Å². The molecule has 0 spiro atoms. The fourth-order valence-corrected chi connectivity index (χ4v) is 4.98. The molecule has 32 heavy (non-hydrogen) atoms. The lowest BCUT2D eigenvalue weighted by Crippen LogP contribution is -2.16. The molecule has 1 aromatic heterocycles. The standard InChI is InChI=1S/C24H14BrClO5S/c25-17-6-11-21-20(13-17)23(27)16(14-31-21)12-22(24(28)15-4-2-1-3-5-15)32(29,30)19-9-7-18(26)8-10-19/h1-14H/b22-12+. The molecule has 8 heteroatoms. The fourth-order valence-electron chi connectivity index (χ4n) is 3.10. The maximum absolute atomic E-state index is 13.4. The summed E-state index contributed by atoms with van der Waals surface area (Å²) in [5.41, 5.74) is -0.0132. The summed E-state index contributed by atoms with van der Waals surface area (Å²) in [5, 5.41) is 0.605. The predicted molar refractivity (Wildman–Crippen MR) is 128 cm³/mol. The van der Waals surface area contributed by atoms with Gasteiger partial charge in [-0.05, 0) is 48.5 Å². The summed E-state index contributed by atoms with van der Waals surface area (Å²) in [4.78, 5) is 25.6. The topological polar surface area (TPSA) is 81.4 Å². The molecule has 0 saturated heterocycles. The molecule has 160 valence electrons. The highest BCUT2D eigenvalue weighted by molar-refractivity contribution is 9.10. The monoisotopic (exact) mass is 528 g/mol. The first-order valence-electron chi connectivity index (χ1n) is 9.30. The highest BCUT2D eigenvalue weighted by Crippen LogP contribution is 2.26. The maximum Gasteiger partial charge on any atom is 0.210 e. The number of carbonyl (C=O) groups excluding carboxylic acids is 1. The minimum Gasteiger partial charge on any atom is -0.463 e. The lowest BCUT2D eigenvalue weighted by atomic mass is 10.1. The first-order valence-corrected chi connectivity index (χ1v) is 12.0. The number of allylic oxidation sites excluding steroid dienone is 1. The van der Waals surface area contributed by atoms with Crippen LogP contribution in [-0.2, 0) is 9.84 Å². The maximum atomic E-state index is 13.4. The van der Waals surface area contributed by atoms with E-state index in [2.05, 4.69) is 15.9 Å². The number of hydrogen-bond donors (Lipinski definition) is 0. The Balaban J connectivity index is 1.96. The zero-order chi connectivity index (χ0) is 22.9. The minimum absolute atomic E-state index is 0.0626. The first kappa shape index (κ1) is 22.2. The van der Waals surface area contributed by atoms with Crippen molar-refractivity contribution in [2.24, 2.45) is 0 Å². The second kappa shape index (κ2) is 8.86. The van der Waals surface area contributed by atoms with E-state index in [9.17, 15) is 18.0 Å². The van der Waals surface area contributed by atoms with Crippen LogP contribution in [0.15, 0.2) is 103 Å². The van der Waals surface area contributed by atoms with Crippen LogP contribution in [0, 0.1) is 0 Å². The molecule has 0 unspecified atom stereocenters. The summed E-state index contributed by atoms with van der Waals surface area (Å²) in [6.45, 7) is 0. The van der Waals surface area contributed by atoms with E-state index in [0.717, 1.165) is 12.3 Å². The number of rotatable bonds is 5. The Labute approximate surface area is 197 Å². The van der Waals surface area contributed by atoms with Gasteiger partial charge in [-0.15, -0.1) is 0 Å². The van der Waals surface area contributed by atoms with E-state index in [1.807, 2.05) is 0 Å². The second-order valence-electron chi connectivity index (χ2n) is 6.82. The number of fused-ring (bicyclic) bond motifs is 1. The van der Waals surface area contributed by atoms with Gasteiger partial charge in [0.05, 0.1) is 15.8 Å². The van der Waals surface area contributed by atoms with Crippen LogP contribution in [-0.4, -0.2) is 14.2 Å². The molecule has 0 aliphatic heterocycles. The second-order valence-corrected chi connectivity index (χ2v) is 10.1. The van der Waals surface area contributed by atoms with Gasteiger partial charge >= 0.3 is 0 Å². The van der Waals surface area contributed by atoms with Crippen molar-refractivity contribution in [1.82, 2.24) is 0 Å². The van der Waals surface area contributed by atoms with Crippen molar-refractivity contribution in [3.63, 3.8) is 0 Å². The van der Waals surface area contributed by atoms with Crippen molar-refractivity contribution < 1.29 is 17.6 Å². The van der Waals surface area contributed by atoms with Crippen molar-refractivity contribution in [3.05, 3.63) is 115 Å². The number of Topliss-reactive ketones (excluding diaryl/α,β-unsaturated/α-hetero) is 1. The van der Waals surface area contributed by atoms with Crippen LogP contribution >= 0.6 is 27.5 Å². The number of carbonyl (C=O) groups is 1. The van der Waals surface area contributed by atoms with E-state index in [1.165, 1.54) is 36.4 Å². The van der Waals surface area contributed by atoms with Gasteiger partial charge in [-0.25, -0.2) is 8.42 Å². The fraction of sp³-hybridized carbons (Fsp3) is 0. The van der Waals surface area contributed by atoms with E-state index < -0.39 is 26.0 Å². The predicted octanol–water partition coefficient (Wildman–Crippen LogP) is 5.91. The van der Waals surface area contributed by atoms with E-state index in [4.69, 9.17) is 16.0 Å². The van der Waals surface area contributed by atoms with E-state index >= 15 is 0 Å². The Hall–Kier alpha value is -3.00. The number of halogens is 2. The molecule has 0 bridgehead atoms. The summed E-state index contributed by atoms with van der Waals surface area (Å²) >= 11 is 9.19. The van der Waals surface area contributed by atoms with E-state index in [0.29, 0.717) is 15.1 Å². The molecule has 0 radical (unpaired) electrons. The van der Waals surface area contributed by atoms with Crippen LogP contribution in [0.3, 0.4) is 0 Å². The molecule has 0 saturated carbocycles. The minimum atomic E-state index is -4.28. The molecule has 0 aliphatic carbocycles. The molecular weight excluding hydrogens is 516 g/mol. The summed E-state index contributed by atoms with van der Waals surface area (Å²) < 4.78 is 33.0. The average Bonchev–Trinajstić information content (AvgIpc) is 2.79. The van der Waals surface area contributed by atoms with Gasteiger partial charge in [0, 0.05) is 15.1 Å². The number of hydrogen-bond acceptors (Lipinski definition) is 5. The Morgan fingerprint density at radius 3 is 2.34 bits per heavy atom. The molecule has 0 amide bonds. The zero-order valence-corrected chi connectivity index (χ0v) is 19.4. The summed E-state index contributed by atoms with van der Waals surface area (Å²) in [6, 6.07) is 18.3. The smallest absolute Gasteiger partial charge is 0.210 e. The highest BCUT2D eigenvalue weighted by Gasteiger charge is 2.28. The van der Waals surface area contributed by atoms with Gasteiger partial charge in [0.2, 0.25) is 15.6 Å². The lowest BCUT2D eigenvalue weighted by molar-refractivity contribution is 0.104. The van der Waals surface area contributed by atoms with Gasteiger partial charge < -0.3 is 4.42 Å². The molecule has 5 nitrogen and oxygen atoms in total. The molecular formula is C24H14BrClO5S. The molecule has 0 fully saturated rings. The Bertz CT molecular complexity index is 1520. The van der Waals surface area contributed by atoms with Crippen LogP contribution in [0.1, 0.15) is 15.9 Å². The lowest BCUT2D eigenvalue weighted by Gasteiger charge is -2.10. The van der Waals surface area contributed by atoms with Gasteiger partial charge in [0.15, 0.2) is 5.43 Å². The third kappa shape index (κ3) is 4.32. The summed E-state index contributed by atoms with van der Waals surface area (Å²) in [6.07, 6.45) is 2.21. The number of benzene rings is 3. The number of ketones is 1. The van der Waals surface area contributed by atoms with Gasteiger partial charge in [-0.1, -0.05) is 57.9 Å². The van der Waals surface area contributed by atoms with E-state index in [-0.39, 0.29) is 21.4 Å². The highest BCUT2D eigenvalue weighted by atomic mass is 79.9. The molecule has 4 aromatic rings. The van der Waals surface area contributed by atoms with Crippen LogP contribution in [0.25, 0.3) is 17.0 Å². The van der Waals surface area contributed by atoms with Gasteiger partial charge in [-0.2, -0.15) is 0 Å². The van der Waals surface area contributed by atoms with Crippen molar-refractivity contribution in [3.8, 4) is 0 Å². The Morgan fingerprint density at radius 1 is 0.969 bits per heavy atom. The van der Waals surface area contributed by atoms with Crippen LogP contribution in [0.2, 0.25) is 5.02 Å². The quantitative estimate of drug-likeness (QED) is 0.237. The van der Waals surface area contributed by atoms with Crippen molar-refractivity contribution in [2.45, 2.75) is 4.90 Å². The summed E-state index contributed by atoms with van der Waals surface area (Å²) in [5.74, 6) is -0.741. The van der Waals surface area contributed by atoms with Gasteiger partial charge in [0.25, 0.3) is 0 Å². The van der Waals surface area contributed by atoms with Crippen molar-refractivity contribution >= 4 is 60.2 Å². The van der Waals surface area contributed by atoms with Crippen LogP contribution in [0.5, 0.6) is 0 Å². The molecule has 1 heterocycles. The van der Waals surface area contributed by atoms with Crippen molar-refractivity contribution in [2.75, 3.05) is 0 Å². The molecule has 4 rings (SSSR count). The SMILES string of the molecule is O=C(/C(=C\c1coc2ccc(Br)cc2c1=O)S(=O)(=O)c1ccc(Cl)cc1)c1ccccc1. The largest absolute Gasteiger partial charge is 0.463 e. The third-order valence-corrected chi connectivity index (χ3v) is 7.24. The third-order valence-electron chi connectivity index (χ3n) is 4.72. The zero-order valence-electron chi connectivity index (χ0n) is 16.3. The Morgan fingerprint density at radius 2 is 1.66 bits per heavy atom. The molecule has 3 aromatic carbocycles. The molecule has 0 atom stereocenters.